The van der Waals surface area contributed by atoms with Crippen LogP contribution in [0.5, 0.6) is 0 Å². The van der Waals surface area contributed by atoms with E-state index in [2.05, 4.69) is 12.6 Å². The molecule has 0 bridgehead atoms. The van der Waals surface area contributed by atoms with Gasteiger partial charge in [-0.2, -0.15) is 5.26 Å². The van der Waals surface area contributed by atoms with Crippen molar-refractivity contribution in [2.75, 3.05) is 13.7 Å². The first kappa shape index (κ1) is 9.28. The smallest absolute Gasteiger partial charge is 0.0672 e. The van der Waals surface area contributed by atoms with Crippen LogP contribution >= 0.6 is 0 Å². The van der Waals surface area contributed by atoms with E-state index in [1.165, 1.54) is 0 Å². The number of hydrogen-bond acceptors (Lipinski definition) is 2. The zero-order valence-corrected chi connectivity index (χ0v) is 7.92. The first-order valence-electron chi connectivity index (χ1n) is 4.15. The van der Waals surface area contributed by atoms with Crippen LogP contribution in [0.4, 0.5) is 0 Å². The molecule has 1 aliphatic carbocycles. The molecule has 12 heavy (non-hydrogen) atoms. The van der Waals surface area contributed by atoms with E-state index in [1.54, 1.807) is 7.11 Å². The fraction of sp³-hybridized carbons (Fsp3) is 0.700. The van der Waals surface area contributed by atoms with Crippen LogP contribution in [0, 0.1) is 28.6 Å². The average molecular weight is 165 g/mol. The van der Waals surface area contributed by atoms with Gasteiger partial charge in [0.15, 0.2) is 0 Å². The van der Waals surface area contributed by atoms with Crippen molar-refractivity contribution >= 4 is 0 Å². The van der Waals surface area contributed by atoms with Gasteiger partial charge in [-0.1, -0.05) is 26.0 Å². The Morgan fingerprint density at radius 1 is 1.75 bits per heavy atom. The average Bonchev–Trinajstić information content (AvgIpc) is 2.05. The van der Waals surface area contributed by atoms with Crippen LogP contribution < -0.4 is 0 Å². The maximum absolute atomic E-state index is 8.89. The molecule has 0 aromatic heterocycles. The Morgan fingerprint density at radius 2 is 2.33 bits per heavy atom. The van der Waals surface area contributed by atoms with Crippen molar-refractivity contribution in [3.8, 4) is 6.07 Å². The SMILES string of the molecule is C=C1[C@@H](C)[C@H](C#N)[C@@]1(C)COC. The minimum absolute atomic E-state index is 0.0740. The Bertz CT molecular complexity index is 241. The summed E-state index contributed by atoms with van der Waals surface area (Å²) >= 11 is 0. The van der Waals surface area contributed by atoms with E-state index >= 15 is 0 Å². The molecule has 0 radical (unpaired) electrons. The molecule has 2 heteroatoms. The van der Waals surface area contributed by atoms with Gasteiger partial charge in [0.2, 0.25) is 0 Å². The number of nitriles is 1. The van der Waals surface area contributed by atoms with Gasteiger partial charge in [0.1, 0.15) is 0 Å². The summed E-state index contributed by atoms with van der Waals surface area (Å²) in [6.07, 6.45) is 0. The number of rotatable bonds is 2. The van der Waals surface area contributed by atoms with Crippen molar-refractivity contribution in [3.05, 3.63) is 12.2 Å². The molecule has 0 aromatic carbocycles. The molecule has 1 aliphatic rings. The fourth-order valence-corrected chi connectivity index (χ4v) is 2.11. The molecule has 0 N–H and O–H groups in total. The van der Waals surface area contributed by atoms with Crippen molar-refractivity contribution in [1.82, 2.24) is 0 Å². The van der Waals surface area contributed by atoms with Gasteiger partial charge in [-0.25, -0.2) is 0 Å². The first-order chi connectivity index (χ1) is 5.57. The highest BCUT2D eigenvalue weighted by Gasteiger charge is 2.52. The van der Waals surface area contributed by atoms with E-state index in [1.807, 2.05) is 13.8 Å². The van der Waals surface area contributed by atoms with Gasteiger partial charge in [0.05, 0.1) is 18.6 Å². The van der Waals surface area contributed by atoms with E-state index in [0.717, 1.165) is 5.57 Å². The van der Waals surface area contributed by atoms with Gasteiger partial charge in [0, 0.05) is 12.5 Å². The third kappa shape index (κ3) is 0.971. The van der Waals surface area contributed by atoms with Gasteiger partial charge in [-0.05, 0) is 5.92 Å². The zero-order valence-electron chi connectivity index (χ0n) is 7.92. The number of ether oxygens (including phenoxy) is 1. The van der Waals surface area contributed by atoms with Crippen LogP contribution in [0.15, 0.2) is 12.2 Å². The van der Waals surface area contributed by atoms with Crippen molar-refractivity contribution in [1.29, 1.82) is 5.26 Å². The molecule has 2 nitrogen and oxygen atoms in total. The van der Waals surface area contributed by atoms with Crippen LogP contribution in [-0.4, -0.2) is 13.7 Å². The van der Waals surface area contributed by atoms with Gasteiger partial charge >= 0.3 is 0 Å². The van der Waals surface area contributed by atoms with E-state index in [-0.39, 0.29) is 11.3 Å². The second-order valence-electron chi connectivity index (χ2n) is 3.77. The number of methoxy groups -OCH3 is 1. The molecule has 1 rings (SSSR count). The zero-order chi connectivity index (χ0) is 9.35. The lowest BCUT2D eigenvalue weighted by Crippen LogP contribution is -2.49. The van der Waals surface area contributed by atoms with Gasteiger partial charge in [0.25, 0.3) is 0 Å². The lowest BCUT2D eigenvalue weighted by Gasteiger charge is -2.50. The van der Waals surface area contributed by atoms with Gasteiger partial charge in [-0.3, -0.25) is 0 Å². The molecule has 0 spiro atoms. The predicted molar refractivity (Wildman–Crippen MR) is 47.4 cm³/mol. The summed E-state index contributed by atoms with van der Waals surface area (Å²) in [7, 11) is 1.66. The third-order valence-electron chi connectivity index (χ3n) is 3.05. The third-order valence-corrected chi connectivity index (χ3v) is 3.05. The maximum atomic E-state index is 8.89. The van der Waals surface area contributed by atoms with E-state index in [0.29, 0.717) is 12.5 Å². The molecule has 0 heterocycles. The summed E-state index contributed by atoms with van der Waals surface area (Å²) < 4.78 is 5.09. The lowest BCUT2D eigenvalue weighted by atomic mass is 9.53. The van der Waals surface area contributed by atoms with Crippen LogP contribution in [-0.2, 0) is 4.74 Å². The van der Waals surface area contributed by atoms with E-state index in [9.17, 15) is 0 Å². The summed E-state index contributed by atoms with van der Waals surface area (Å²) in [4.78, 5) is 0. The normalized spacial score (nSPS) is 40.3. The lowest BCUT2D eigenvalue weighted by molar-refractivity contribution is 0.0225. The molecule has 0 amide bonds. The molecule has 0 aromatic rings. The first-order valence-corrected chi connectivity index (χ1v) is 4.15. The summed E-state index contributed by atoms with van der Waals surface area (Å²) in [5.41, 5.74) is 1.04. The van der Waals surface area contributed by atoms with Crippen molar-refractivity contribution in [3.63, 3.8) is 0 Å². The van der Waals surface area contributed by atoms with Crippen molar-refractivity contribution in [2.45, 2.75) is 13.8 Å². The molecule has 3 atom stereocenters. The van der Waals surface area contributed by atoms with Crippen LogP contribution in [0.25, 0.3) is 0 Å². The van der Waals surface area contributed by atoms with E-state index < -0.39 is 0 Å². The fourth-order valence-electron chi connectivity index (χ4n) is 2.11. The topological polar surface area (TPSA) is 33.0 Å². The highest BCUT2D eigenvalue weighted by atomic mass is 16.5. The van der Waals surface area contributed by atoms with Gasteiger partial charge in [-0.15, -0.1) is 0 Å². The van der Waals surface area contributed by atoms with Crippen LogP contribution in [0.1, 0.15) is 13.8 Å². The molecule has 0 saturated heterocycles. The Kier molecular flexibility index (Phi) is 2.25. The predicted octanol–water partition coefficient (Wildman–Crippen LogP) is 1.98. The summed E-state index contributed by atoms with van der Waals surface area (Å²) in [6.45, 7) is 8.68. The van der Waals surface area contributed by atoms with Crippen LogP contribution in [0.2, 0.25) is 0 Å². The second-order valence-corrected chi connectivity index (χ2v) is 3.77. The van der Waals surface area contributed by atoms with Gasteiger partial charge < -0.3 is 4.74 Å². The Labute approximate surface area is 73.8 Å². The standard InChI is InChI=1S/C10H15NO/c1-7-8(2)10(3,6-12-4)9(7)5-11/h7,9H,2,6H2,1,3-4H3/t7-,9+,10+/m1/s1. The molecule has 1 fully saturated rings. The number of nitrogens with zero attached hydrogens (tertiary/aromatic N) is 1. The van der Waals surface area contributed by atoms with Crippen molar-refractivity contribution in [2.24, 2.45) is 17.3 Å². The highest BCUT2D eigenvalue weighted by Crippen LogP contribution is 2.54. The summed E-state index contributed by atoms with van der Waals surface area (Å²) in [5.74, 6) is 0.403. The largest absolute Gasteiger partial charge is 0.384 e. The number of hydrogen-bond donors (Lipinski definition) is 0. The minimum Gasteiger partial charge on any atom is -0.384 e. The second kappa shape index (κ2) is 2.91. The molecular formula is C10H15NO. The van der Waals surface area contributed by atoms with Crippen molar-refractivity contribution < 1.29 is 4.74 Å². The Balaban J connectivity index is 2.78. The summed E-state index contributed by atoms with van der Waals surface area (Å²) in [6, 6.07) is 2.32. The van der Waals surface area contributed by atoms with E-state index in [4.69, 9.17) is 10.00 Å². The highest BCUT2D eigenvalue weighted by molar-refractivity contribution is 5.31. The Morgan fingerprint density at radius 3 is 2.75 bits per heavy atom. The summed E-state index contributed by atoms with van der Waals surface area (Å²) in [5, 5.41) is 8.89. The minimum atomic E-state index is -0.108. The molecular weight excluding hydrogens is 150 g/mol. The molecule has 1 saturated carbocycles. The van der Waals surface area contributed by atoms with Crippen LogP contribution in [0.3, 0.4) is 0 Å². The maximum Gasteiger partial charge on any atom is 0.0672 e. The quantitative estimate of drug-likeness (QED) is 0.586. The molecule has 0 unspecified atom stereocenters. The molecule has 0 aliphatic heterocycles. The Hall–Kier alpha value is -0.810. The monoisotopic (exact) mass is 165 g/mol. The molecule has 66 valence electrons.